The summed E-state index contributed by atoms with van der Waals surface area (Å²) in [5.41, 5.74) is 1.81. The Labute approximate surface area is 134 Å². The van der Waals surface area contributed by atoms with Crippen molar-refractivity contribution < 1.29 is 13.9 Å². The molecule has 1 heterocycles. The van der Waals surface area contributed by atoms with Crippen molar-refractivity contribution in [2.75, 3.05) is 19.5 Å². The van der Waals surface area contributed by atoms with Crippen molar-refractivity contribution in [2.45, 2.75) is 6.54 Å². The van der Waals surface area contributed by atoms with Crippen molar-refractivity contribution in [3.63, 3.8) is 0 Å². The Morgan fingerprint density at radius 3 is 2.09 bits per heavy atom. The highest BCUT2D eigenvalue weighted by molar-refractivity contribution is 5.54. The standard InChI is InChI=1S/C17H17N3O3/c1-21-14-7-3-12(4-8-14)17-20-19-16(23-17)11-18-13-5-9-15(22-2)10-6-13/h3-10,18H,11H2,1-2H3. The second-order valence-electron chi connectivity index (χ2n) is 4.81. The summed E-state index contributed by atoms with van der Waals surface area (Å²) in [5, 5.41) is 11.3. The first kappa shape index (κ1) is 14.9. The number of hydrogen-bond acceptors (Lipinski definition) is 6. The molecular formula is C17H17N3O3. The van der Waals surface area contributed by atoms with Crippen molar-refractivity contribution in [3.05, 3.63) is 54.4 Å². The maximum atomic E-state index is 5.66. The summed E-state index contributed by atoms with van der Waals surface area (Å²) in [7, 11) is 3.27. The van der Waals surface area contributed by atoms with E-state index in [4.69, 9.17) is 13.9 Å². The Hall–Kier alpha value is -3.02. The monoisotopic (exact) mass is 311 g/mol. The lowest BCUT2D eigenvalue weighted by Crippen LogP contribution is -1.99. The number of benzene rings is 2. The van der Waals surface area contributed by atoms with Gasteiger partial charge in [-0.15, -0.1) is 10.2 Å². The number of ether oxygens (including phenoxy) is 2. The molecule has 1 aromatic heterocycles. The third-order valence-corrected chi connectivity index (χ3v) is 3.34. The molecule has 0 atom stereocenters. The van der Waals surface area contributed by atoms with Gasteiger partial charge in [-0.3, -0.25) is 0 Å². The van der Waals surface area contributed by atoms with Gasteiger partial charge in [0.15, 0.2) is 0 Å². The van der Waals surface area contributed by atoms with Crippen LogP contribution < -0.4 is 14.8 Å². The van der Waals surface area contributed by atoms with Gasteiger partial charge < -0.3 is 19.2 Å². The quantitative estimate of drug-likeness (QED) is 0.752. The Balaban J connectivity index is 1.64. The molecular weight excluding hydrogens is 294 g/mol. The fourth-order valence-corrected chi connectivity index (χ4v) is 2.06. The summed E-state index contributed by atoms with van der Waals surface area (Å²) in [4.78, 5) is 0. The zero-order chi connectivity index (χ0) is 16.1. The normalized spacial score (nSPS) is 10.3. The molecule has 1 N–H and O–H groups in total. The van der Waals surface area contributed by atoms with Crippen LogP contribution in [0.25, 0.3) is 11.5 Å². The highest BCUT2D eigenvalue weighted by Crippen LogP contribution is 2.21. The van der Waals surface area contributed by atoms with Gasteiger partial charge in [-0.05, 0) is 48.5 Å². The zero-order valence-electron chi connectivity index (χ0n) is 12.9. The predicted octanol–water partition coefficient (Wildman–Crippen LogP) is 3.37. The van der Waals surface area contributed by atoms with Crippen molar-refractivity contribution in [1.29, 1.82) is 0 Å². The number of hydrogen-bond donors (Lipinski definition) is 1. The van der Waals surface area contributed by atoms with Crippen LogP contribution in [0.3, 0.4) is 0 Å². The van der Waals surface area contributed by atoms with Gasteiger partial charge in [0.05, 0.1) is 20.8 Å². The van der Waals surface area contributed by atoms with Crippen LogP contribution in [-0.2, 0) is 6.54 Å². The fraction of sp³-hybridized carbons (Fsp3) is 0.176. The van der Waals surface area contributed by atoms with Crippen LogP contribution in [-0.4, -0.2) is 24.4 Å². The Kier molecular flexibility index (Phi) is 4.42. The van der Waals surface area contributed by atoms with E-state index in [1.807, 2.05) is 48.5 Å². The van der Waals surface area contributed by atoms with Gasteiger partial charge in [-0.1, -0.05) is 0 Å². The van der Waals surface area contributed by atoms with Gasteiger partial charge in [-0.25, -0.2) is 0 Å². The lowest BCUT2D eigenvalue weighted by Gasteiger charge is -2.04. The second-order valence-corrected chi connectivity index (χ2v) is 4.81. The third-order valence-electron chi connectivity index (χ3n) is 3.34. The van der Waals surface area contributed by atoms with E-state index in [0.29, 0.717) is 18.3 Å². The predicted molar refractivity (Wildman–Crippen MR) is 86.6 cm³/mol. The van der Waals surface area contributed by atoms with Crippen LogP contribution >= 0.6 is 0 Å². The molecule has 0 radical (unpaired) electrons. The summed E-state index contributed by atoms with van der Waals surface area (Å²) >= 11 is 0. The first-order valence-electron chi connectivity index (χ1n) is 7.13. The Morgan fingerprint density at radius 1 is 0.870 bits per heavy atom. The molecule has 0 aliphatic rings. The van der Waals surface area contributed by atoms with Crippen molar-refractivity contribution in [1.82, 2.24) is 10.2 Å². The Bertz CT molecular complexity index is 752. The van der Waals surface area contributed by atoms with Gasteiger partial charge in [0.1, 0.15) is 11.5 Å². The van der Waals surface area contributed by atoms with E-state index in [-0.39, 0.29) is 0 Å². The smallest absolute Gasteiger partial charge is 0.247 e. The van der Waals surface area contributed by atoms with E-state index < -0.39 is 0 Å². The molecule has 0 fully saturated rings. The third kappa shape index (κ3) is 3.60. The molecule has 0 bridgehead atoms. The molecule has 6 nitrogen and oxygen atoms in total. The Morgan fingerprint density at radius 2 is 1.48 bits per heavy atom. The molecule has 6 heteroatoms. The van der Waals surface area contributed by atoms with E-state index in [1.54, 1.807) is 14.2 Å². The van der Waals surface area contributed by atoms with E-state index >= 15 is 0 Å². The fourth-order valence-electron chi connectivity index (χ4n) is 2.06. The van der Waals surface area contributed by atoms with Gasteiger partial charge in [-0.2, -0.15) is 0 Å². The van der Waals surface area contributed by atoms with Crippen LogP contribution in [0.2, 0.25) is 0 Å². The number of aromatic nitrogens is 2. The topological polar surface area (TPSA) is 69.4 Å². The summed E-state index contributed by atoms with van der Waals surface area (Å²) in [6.45, 7) is 0.454. The van der Waals surface area contributed by atoms with Gasteiger partial charge in [0.25, 0.3) is 0 Å². The highest BCUT2D eigenvalue weighted by atomic mass is 16.5. The van der Waals surface area contributed by atoms with E-state index in [0.717, 1.165) is 22.7 Å². The molecule has 0 unspecified atom stereocenters. The van der Waals surface area contributed by atoms with Gasteiger partial charge in [0, 0.05) is 11.3 Å². The van der Waals surface area contributed by atoms with Crippen molar-refractivity contribution in [2.24, 2.45) is 0 Å². The first-order chi connectivity index (χ1) is 11.3. The number of nitrogens with zero attached hydrogens (tertiary/aromatic N) is 2. The van der Waals surface area contributed by atoms with Crippen LogP contribution in [0, 0.1) is 0 Å². The minimum atomic E-state index is 0.454. The van der Waals surface area contributed by atoms with Crippen molar-refractivity contribution >= 4 is 5.69 Å². The molecule has 118 valence electrons. The van der Waals surface area contributed by atoms with Crippen LogP contribution in [0.1, 0.15) is 5.89 Å². The van der Waals surface area contributed by atoms with Gasteiger partial charge in [0.2, 0.25) is 11.8 Å². The largest absolute Gasteiger partial charge is 0.497 e. The summed E-state index contributed by atoms with van der Waals surface area (Å²) < 4.78 is 15.9. The molecule has 0 amide bonds. The first-order valence-corrected chi connectivity index (χ1v) is 7.13. The molecule has 0 aliphatic heterocycles. The summed E-state index contributed by atoms with van der Waals surface area (Å²) in [6.07, 6.45) is 0. The van der Waals surface area contributed by atoms with Crippen LogP contribution in [0.4, 0.5) is 5.69 Å². The van der Waals surface area contributed by atoms with Crippen LogP contribution in [0.15, 0.2) is 52.9 Å². The van der Waals surface area contributed by atoms with E-state index in [2.05, 4.69) is 15.5 Å². The lowest BCUT2D eigenvalue weighted by atomic mass is 10.2. The number of rotatable bonds is 6. The van der Waals surface area contributed by atoms with E-state index in [1.165, 1.54) is 0 Å². The highest BCUT2D eigenvalue weighted by Gasteiger charge is 2.08. The molecule has 0 aliphatic carbocycles. The molecule has 0 spiro atoms. The summed E-state index contributed by atoms with van der Waals surface area (Å²) in [6, 6.07) is 15.1. The molecule has 2 aromatic carbocycles. The lowest BCUT2D eigenvalue weighted by molar-refractivity contribution is 0.414. The number of anilines is 1. The van der Waals surface area contributed by atoms with Crippen molar-refractivity contribution in [3.8, 4) is 23.0 Å². The summed E-state index contributed by atoms with van der Waals surface area (Å²) in [5.74, 6) is 2.61. The van der Waals surface area contributed by atoms with Gasteiger partial charge >= 0.3 is 0 Å². The molecule has 0 saturated carbocycles. The number of methoxy groups -OCH3 is 2. The number of nitrogens with one attached hydrogen (secondary N) is 1. The van der Waals surface area contributed by atoms with E-state index in [9.17, 15) is 0 Å². The molecule has 0 saturated heterocycles. The average Bonchev–Trinajstić information content (AvgIpc) is 3.09. The molecule has 3 rings (SSSR count). The maximum Gasteiger partial charge on any atom is 0.247 e. The SMILES string of the molecule is COc1ccc(NCc2nnc(-c3ccc(OC)cc3)o2)cc1. The van der Waals surface area contributed by atoms with Crippen LogP contribution in [0.5, 0.6) is 11.5 Å². The molecule has 23 heavy (non-hydrogen) atoms. The minimum Gasteiger partial charge on any atom is -0.497 e. The average molecular weight is 311 g/mol. The minimum absolute atomic E-state index is 0.454. The zero-order valence-corrected chi connectivity index (χ0v) is 12.9. The second kappa shape index (κ2) is 6.83. The molecule has 3 aromatic rings. The maximum absolute atomic E-state index is 5.66.